The van der Waals surface area contributed by atoms with Gasteiger partial charge in [0.25, 0.3) is 0 Å². The van der Waals surface area contributed by atoms with Crippen molar-refractivity contribution in [3.8, 4) is 5.75 Å². The molecule has 1 N–H and O–H groups in total. The van der Waals surface area contributed by atoms with Crippen LogP contribution in [0.25, 0.3) is 0 Å². The summed E-state index contributed by atoms with van der Waals surface area (Å²) in [6.45, 7) is 2.13. The van der Waals surface area contributed by atoms with Crippen LogP contribution < -0.4 is 4.74 Å². The highest BCUT2D eigenvalue weighted by Gasteiger charge is 2.42. The lowest BCUT2D eigenvalue weighted by molar-refractivity contribution is -0.152. The number of carboxylic acid groups (broad SMARTS) is 1. The van der Waals surface area contributed by atoms with E-state index in [0.717, 1.165) is 30.0 Å². The van der Waals surface area contributed by atoms with E-state index in [4.69, 9.17) is 4.74 Å². The van der Waals surface area contributed by atoms with Crippen molar-refractivity contribution in [1.82, 2.24) is 9.88 Å². The van der Waals surface area contributed by atoms with Gasteiger partial charge in [-0.2, -0.15) is 0 Å². The van der Waals surface area contributed by atoms with Crippen molar-refractivity contribution >= 4 is 5.97 Å². The number of nitrogens with zero attached hydrogens (tertiary/aromatic N) is 2. The quantitative estimate of drug-likeness (QED) is 0.876. The number of piperidine rings is 1. The summed E-state index contributed by atoms with van der Waals surface area (Å²) in [5, 5.41) is 9.99. The summed E-state index contributed by atoms with van der Waals surface area (Å²) >= 11 is 0. The largest absolute Gasteiger partial charge is 0.497 e. The standard InChI is InChI=1S/C20H24N2O3/c1-25-18-8-4-6-16(12-18)13-20(19(23)24)9-5-11-22(15-20)14-17-7-2-3-10-21-17/h2-4,6-8,10,12H,5,9,11,13-15H2,1H3,(H,23,24)/t20-/m0/s1. The van der Waals surface area contributed by atoms with Crippen molar-refractivity contribution in [3.05, 3.63) is 59.9 Å². The third-order valence-electron chi connectivity index (χ3n) is 4.90. The molecular weight excluding hydrogens is 316 g/mol. The van der Waals surface area contributed by atoms with Gasteiger partial charge in [0.05, 0.1) is 18.2 Å². The molecule has 5 heteroatoms. The molecule has 1 saturated heterocycles. The van der Waals surface area contributed by atoms with Gasteiger partial charge in [0.15, 0.2) is 0 Å². The molecule has 2 heterocycles. The maximum Gasteiger partial charge on any atom is 0.311 e. The lowest BCUT2D eigenvalue weighted by atomic mass is 9.75. The van der Waals surface area contributed by atoms with Crippen LogP contribution in [0, 0.1) is 5.41 Å². The van der Waals surface area contributed by atoms with E-state index in [2.05, 4.69) is 9.88 Å². The summed E-state index contributed by atoms with van der Waals surface area (Å²) in [6.07, 6.45) is 3.86. The number of ether oxygens (including phenoxy) is 1. The van der Waals surface area contributed by atoms with Crippen molar-refractivity contribution in [2.24, 2.45) is 5.41 Å². The Morgan fingerprint density at radius 2 is 2.20 bits per heavy atom. The first-order valence-electron chi connectivity index (χ1n) is 8.60. The second-order valence-corrected chi connectivity index (χ2v) is 6.75. The van der Waals surface area contributed by atoms with Crippen LogP contribution >= 0.6 is 0 Å². The number of hydrogen-bond donors (Lipinski definition) is 1. The molecular formula is C20H24N2O3. The number of hydrogen-bond acceptors (Lipinski definition) is 4. The Morgan fingerprint density at radius 3 is 2.92 bits per heavy atom. The normalized spacial score (nSPS) is 21.0. The molecule has 0 aliphatic carbocycles. The fraction of sp³-hybridized carbons (Fsp3) is 0.400. The molecule has 5 nitrogen and oxygen atoms in total. The lowest BCUT2D eigenvalue weighted by Crippen LogP contribution is -2.48. The number of carbonyl (C=O) groups is 1. The Bertz CT molecular complexity index is 720. The molecule has 1 aliphatic heterocycles. The number of likely N-dealkylation sites (tertiary alicyclic amines) is 1. The maximum absolute atomic E-state index is 12.2. The minimum absolute atomic E-state index is 0.512. The van der Waals surface area contributed by atoms with E-state index in [-0.39, 0.29) is 0 Å². The van der Waals surface area contributed by atoms with Crippen molar-refractivity contribution < 1.29 is 14.6 Å². The molecule has 1 aromatic carbocycles. The van der Waals surface area contributed by atoms with Crippen LogP contribution in [0.3, 0.4) is 0 Å². The van der Waals surface area contributed by atoms with E-state index in [0.29, 0.717) is 25.9 Å². The van der Waals surface area contributed by atoms with Crippen LogP contribution in [0.15, 0.2) is 48.7 Å². The molecule has 2 aromatic rings. The van der Waals surface area contributed by atoms with Gasteiger partial charge in [-0.15, -0.1) is 0 Å². The molecule has 3 rings (SSSR count). The number of aliphatic carboxylic acids is 1. The van der Waals surface area contributed by atoms with Gasteiger partial charge in [0.1, 0.15) is 5.75 Å². The Morgan fingerprint density at radius 1 is 1.32 bits per heavy atom. The fourth-order valence-electron chi connectivity index (χ4n) is 3.65. The molecule has 1 aromatic heterocycles. The fourth-order valence-corrected chi connectivity index (χ4v) is 3.65. The minimum atomic E-state index is -0.764. The summed E-state index contributed by atoms with van der Waals surface area (Å²) in [6, 6.07) is 13.5. The van der Waals surface area contributed by atoms with Crippen LogP contribution in [0.4, 0.5) is 0 Å². The van der Waals surface area contributed by atoms with Gasteiger partial charge in [-0.1, -0.05) is 18.2 Å². The molecule has 0 bridgehead atoms. The molecule has 0 spiro atoms. The van der Waals surface area contributed by atoms with E-state index in [1.807, 2.05) is 42.5 Å². The van der Waals surface area contributed by atoms with Crippen LogP contribution in [0.2, 0.25) is 0 Å². The lowest BCUT2D eigenvalue weighted by Gasteiger charge is -2.40. The first-order valence-corrected chi connectivity index (χ1v) is 8.60. The van der Waals surface area contributed by atoms with E-state index in [1.165, 1.54) is 0 Å². The maximum atomic E-state index is 12.2. The predicted molar refractivity (Wildman–Crippen MR) is 95.5 cm³/mol. The zero-order chi connectivity index (χ0) is 17.7. The van der Waals surface area contributed by atoms with Crippen LogP contribution in [0.5, 0.6) is 5.75 Å². The molecule has 0 amide bonds. The molecule has 0 unspecified atom stereocenters. The topological polar surface area (TPSA) is 62.7 Å². The number of rotatable bonds is 6. The van der Waals surface area contributed by atoms with Gasteiger partial charge < -0.3 is 9.84 Å². The van der Waals surface area contributed by atoms with Gasteiger partial charge in [0.2, 0.25) is 0 Å². The average Bonchev–Trinajstić information content (AvgIpc) is 2.63. The number of pyridine rings is 1. The van der Waals surface area contributed by atoms with E-state index >= 15 is 0 Å². The Balaban J connectivity index is 1.77. The smallest absolute Gasteiger partial charge is 0.311 e. The van der Waals surface area contributed by atoms with Gasteiger partial charge in [-0.3, -0.25) is 14.7 Å². The Kier molecular flexibility index (Phi) is 5.34. The van der Waals surface area contributed by atoms with E-state index in [9.17, 15) is 9.90 Å². The van der Waals surface area contributed by atoms with Gasteiger partial charge in [-0.25, -0.2) is 0 Å². The van der Waals surface area contributed by atoms with Gasteiger partial charge in [0, 0.05) is 19.3 Å². The summed E-state index contributed by atoms with van der Waals surface area (Å²) in [7, 11) is 1.63. The minimum Gasteiger partial charge on any atom is -0.497 e. The molecule has 25 heavy (non-hydrogen) atoms. The van der Waals surface area contributed by atoms with Crippen LogP contribution in [0.1, 0.15) is 24.1 Å². The van der Waals surface area contributed by atoms with Crippen molar-refractivity contribution in [2.75, 3.05) is 20.2 Å². The SMILES string of the molecule is COc1cccc(C[C@@]2(C(=O)O)CCCN(Cc3ccccn3)C2)c1. The monoisotopic (exact) mass is 340 g/mol. The number of benzene rings is 1. The molecule has 0 saturated carbocycles. The summed E-state index contributed by atoms with van der Waals surface area (Å²) in [5.74, 6) is 0.0419. The summed E-state index contributed by atoms with van der Waals surface area (Å²) in [4.78, 5) is 18.7. The van der Waals surface area contributed by atoms with Gasteiger partial charge >= 0.3 is 5.97 Å². The molecule has 132 valence electrons. The Labute approximate surface area is 148 Å². The second kappa shape index (κ2) is 7.66. The van der Waals surface area contributed by atoms with E-state index < -0.39 is 11.4 Å². The highest BCUT2D eigenvalue weighted by molar-refractivity contribution is 5.75. The van der Waals surface area contributed by atoms with Crippen LogP contribution in [-0.4, -0.2) is 41.2 Å². The second-order valence-electron chi connectivity index (χ2n) is 6.75. The molecule has 1 atom stereocenters. The van der Waals surface area contributed by atoms with Crippen molar-refractivity contribution in [1.29, 1.82) is 0 Å². The summed E-state index contributed by atoms with van der Waals surface area (Å²) < 4.78 is 5.27. The number of methoxy groups -OCH3 is 1. The highest BCUT2D eigenvalue weighted by Crippen LogP contribution is 2.35. The number of carboxylic acids is 1. The van der Waals surface area contributed by atoms with Crippen molar-refractivity contribution in [2.45, 2.75) is 25.8 Å². The zero-order valence-electron chi connectivity index (χ0n) is 14.5. The average molecular weight is 340 g/mol. The predicted octanol–water partition coefficient (Wildman–Crippen LogP) is 3.00. The van der Waals surface area contributed by atoms with Crippen LogP contribution in [-0.2, 0) is 17.8 Å². The molecule has 1 aliphatic rings. The number of aromatic nitrogens is 1. The third-order valence-corrected chi connectivity index (χ3v) is 4.90. The van der Waals surface area contributed by atoms with Crippen molar-refractivity contribution in [3.63, 3.8) is 0 Å². The third kappa shape index (κ3) is 4.17. The highest BCUT2D eigenvalue weighted by atomic mass is 16.5. The first-order chi connectivity index (χ1) is 12.1. The molecule has 0 radical (unpaired) electrons. The van der Waals surface area contributed by atoms with E-state index in [1.54, 1.807) is 13.3 Å². The summed E-state index contributed by atoms with van der Waals surface area (Å²) in [5.41, 5.74) is 1.21. The first kappa shape index (κ1) is 17.4. The Hall–Kier alpha value is -2.40. The zero-order valence-corrected chi connectivity index (χ0v) is 14.5. The molecule has 1 fully saturated rings. The van der Waals surface area contributed by atoms with Gasteiger partial charge in [-0.05, 0) is 55.6 Å².